The lowest BCUT2D eigenvalue weighted by molar-refractivity contribution is 0.160. The topological polar surface area (TPSA) is 43.4 Å². The Labute approximate surface area is 160 Å². The van der Waals surface area contributed by atoms with Crippen LogP contribution in [0.3, 0.4) is 0 Å². The molecule has 6 rings (SSSR count). The number of nitrogens with two attached hydrogens (primary N) is 1. The van der Waals surface area contributed by atoms with Crippen molar-refractivity contribution in [3.63, 3.8) is 0 Å². The summed E-state index contributed by atoms with van der Waals surface area (Å²) in [4.78, 5) is 2.56. The van der Waals surface area contributed by atoms with Gasteiger partial charge in [0.15, 0.2) is 0 Å². The maximum absolute atomic E-state index is 6.11. The van der Waals surface area contributed by atoms with Crippen molar-refractivity contribution in [1.82, 2.24) is 9.47 Å². The molecule has 2 aromatic carbocycles. The molecule has 3 aliphatic rings. The average Bonchev–Trinajstić information content (AvgIpc) is 3.03. The van der Waals surface area contributed by atoms with E-state index in [1.807, 2.05) is 0 Å². The average molecular weight is 361 g/mol. The summed E-state index contributed by atoms with van der Waals surface area (Å²) >= 11 is 0. The maximum atomic E-state index is 6.11. The monoisotopic (exact) mass is 361 g/mol. The molecule has 4 nitrogen and oxygen atoms in total. The fourth-order valence-corrected chi connectivity index (χ4v) is 4.81. The first-order valence-corrected chi connectivity index (χ1v) is 10.1. The zero-order valence-electron chi connectivity index (χ0n) is 15.7. The molecule has 0 unspecified atom stereocenters. The number of hydrogen-bond donors (Lipinski definition) is 1. The molecular weight excluding hydrogens is 334 g/mol. The van der Waals surface area contributed by atoms with Crippen LogP contribution in [0, 0.1) is 5.92 Å². The summed E-state index contributed by atoms with van der Waals surface area (Å²) in [6.45, 7) is 5.77. The highest BCUT2D eigenvalue weighted by atomic mass is 16.5. The zero-order valence-corrected chi connectivity index (χ0v) is 15.7. The van der Waals surface area contributed by atoms with Gasteiger partial charge in [0.25, 0.3) is 0 Å². The largest absolute Gasteiger partial charge is 0.489 e. The number of hydrogen-bond acceptors (Lipinski definition) is 3. The lowest BCUT2D eigenvalue weighted by Crippen LogP contribution is -2.43. The number of benzene rings is 2. The molecule has 2 N–H and O–H groups in total. The normalized spacial score (nSPS) is 23.5. The predicted molar refractivity (Wildman–Crippen MR) is 111 cm³/mol. The van der Waals surface area contributed by atoms with E-state index in [1.165, 1.54) is 47.7 Å². The Morgan fingerprint density at radius 2 is 1.85 bits per heavy atom. The third-order valence-electron chi connectivity index (χ3n) is 6.21. The van der Waals surface area contributed by atoms with Crippen LogP contribution in [0.1, 0.15) is 12.8 Å². The molecule has 1 aromatic heterocycles. The first-order valence-electron chi connectivity index (χ1n) is 10.1. The van der Waals surface area contributed by atoms with E-state index in [9.17, 15) is 0 Å². The highest BCUT2D eigenvalue weighted by molar-refractivity contribution is 6.08. The van der Waals surface area contributed by atoms with Crippen LogP contribution in [0.2, 0.25) is 0 Å². The second-order valence-corrected chi connectivity index (χ2v) is 7.78. The van der Waals surface area contributed by atoms with E-state index in [0.717, 1.165) is 24.8 Å². The zero-order chi connectivity index (χ0) is 18.2. The minimum atomic E-state index is 0.628. The van der Waals surface area contributed by atoms with E-state index in [1.54, 1.807) is 5.57 Å². The van der Waals surface area contributed by atoms with Gasteiger partial charge in [-0.25, -0.2) is 0 Å². The van der Waals surface area contributed by atoms with Gasteiger partial charge < -0.3 is 15.0 Å². The van der Waals surface area contributed by atoms with Crippen molar-refractivity contribution in [2.24, 2.45) is 11.7 Å². The lowest BCUT2D eigenvalue weighted by atomic mass is 9.84. The van der Waals surface area contributed by atoms with E-state index in [-0.39, 0.29) is 0 Å². The van der Waals surface area contributed by atoms with Crippen molar-refractivity contribution in [2.75, 3.05) is 32.8 Å². The molecule has 0 atom stereocenters. The van der Waals surface area contributed by atoms with E-state index in [2.05, 4.69) is 58.0 Å². The Balaban J connectivity index is 1.41. The molecule has 27 heavy (non-hydrogen) atoms. The molecule has 3 aromatic rings. The summed E-state index contributed by atoms with van der Waals surface area (Å²) in [5.41, 5.74) is 9.89. The molecule has 3 saturated heterocycles. The molecule has 2 bridgehead atoms. The third-order valence-corrected chi connectivity index (χ3v) is 6.21. The van der Waals surface area contributed by atoms with Crippen molar-refractivity contribution in [1.29, 1.82) is 0 Å². The smallest absolute Gasteiger partial charge is 0.121 e. The molecule has 4 heteroatoms. The molecule has 140 valence electrons. The van der Waals surface area contributed by atoms with Gasteiger partial charge in [0.2, 0.25) is 0 Å². The summed E-state index contributed by atoms with van der Waals surface area (Å²) in [7, 11) is 0. The molecule has 3 fully saturated rings. The molecule has 0 saturated carbocycles. The van der Waals surface area contributed by atoms with Crippen molar-refractivity contribution < 1.29 is 4.74 Å². The first kappa shape index (κ1) is 16.8. The van der Waals surface area contributed by atoms with Crippen molar-refractivity contribution >= 4 is 21.8 Å². The van der Waals surface area contributed by atoms with Gasteiger partial charge in [0, 0.05) is 42.0 Å². The summed E-state index contributed by atoms with van der Waals surface area (Å²) in [5, 5.41) is 2.55. The van der Waals surface area contributed by atoms with E-state index in [4.69, 9.17) is 10.5 Å². The van der Waals surface area contributed by atoms with E-state index in [0.29, 0.717) is 13.2 Å². The second kappa shape index (κ2) is 7.02. The molecule has 4 heterocycles. The molecule has 0 radical (unpaired) electrons. The molecule has 0 aliphatic carbocycles. The van der Waals surface area contributed by atoms with Gasteiger partial charge in [-0.15, -0.1) is 0 Å². The number of fused-ring (bicyclic) bond motifs is 6. The van der Waals surface area contributed by atoms with Gasteiger partial charge in [-0.1, -0.05) is 23.8 Å². The molecule has 0 amide bonds. The number of aromatic nitrogens is 1. The minimum absolute atomic E-state index is 0.628. The maximum Gasteiger partial charge on any atom is 0.121 e. The van der Waals surface area contributed by atoms with Crippen LogP contribution in [-0.4, -0.2) is 42.3 Å². The number of piperidine rings is 3. The Bertz CT molecular complexity index is 995. The highest BCUT2D eigenvalue weighted by Crippen LogP contribution is 2.33. The van der Waals surface area contributed by atoms with Gasteiger partial charge in [-0.3, -0.25) is 4.90 Å². The first-order chi connectivity index (χ1) is 13.3. The van der Waals surface area contributed by atoms with E-state index >= 15 is 0 Å². The quantitative estimate of drug-likeness (QED) is 0.703. The lowest BCUT2D eigenvalue weighted by Gasteiger charge is -2.41. The predicted octanol–water partition coefficient (Wildman–Crippen LogP) is 3.78. The van der Waals surface area contributed by atoms with Crippen LogP contribution < -0.4 is 10.5 Å². The standard InChI is InChI=1S/C23H27N3O/c24-10-13-26-22-4-2-1-3-20(22)21-6-5-19(15-23(21)26)27-14-9-18-16-25-11-7-17(18)8-12-25/h1-6,9,15,17H,7-8,10-14,16,24H2/b18-9+. The summed E-state index contributed by atoms with van der Waals surface area (Å²) in [5.74, 6) is 1.72. The Morgan fingerprint density at radius 1 is 1.04 bits per heavy atom. The van der Waals surface area contributed by atoms with Gasteiger partial charge in [0.05, 0.1) is 5.52 Å². The van der Waals surface area contributed by atoms with Gasteiger partial charge >= 0.3 is 0 Å². The minimum Gasteiger partial charge on any atom is -0.489 e. The highest BCUT2D eigenvalue weighted by Gasteiger charge is 2.28. The van der Waals surface area contributed by atoms with Crippen molar-refractivity contribution in [3.8, 4) is 5.75 Å². The summed E-state index contributed by atoms with van der Waals surface area (Å²) < 4.78 is 8.42. The third kappa shape index (κ3) is 3.03. The second-order valence-electron chi connectivity index (χ2n) is 7.78. The summed E-state index contributed by atoms with van der Waals surface area (Å²) in [6, 6.07) is 15.0. The van der Waals surface area contributed by atoms with Gasteiger partial charge in [0.1, 0.15) is 12.4 Å². The van der Waals surface area contributed by atoms with Crippen molar-refractivity contribution in [2.45, 2.75) is 19.4 Å². The number of para-hydroxylation sites is 1. The number of rotatable bonds is 5. The molecular formula is C23H27N3O. The van der Waals surface area contributed by atoms with Crippen LogP contribution in [0.15, 0.2) is 54.1 Å². The Kier molecular flexibility index (Phi) is 4.38. The van der Waals surface area contributed by atoms with Gasteiger partial charge in [-0.05, 0) is 56.1 Å². The summed E-state index contributed by atoms with van der Waals surface area (Å²) in [6.07, 6.45) is 4.95. The number of nitrogens with zero attached hydrogens (tertiary/aromatic N) is 2. The van der Waals surface area contributed by atoms with Crippen LogP contribution >= 0.6 is 0 Å². The SMILES string of the molecule is NCCn1c2ccccc2c2ccc(OC/C=C3\CN4CCC3CC4)cc21. The van der Waals surface area contributed by atoms with Crippen LogP contribution in [-0.2, 0) is 6.54 Å². The number of ether oxygens (including phenoxy) is 1. The van der Waals surface area contributed by atoms with E-state index < -0.39 is 0 Å². The van der Waals surface area contributed by atoms with Crippen molar-refractivity contribution in [3.05, 3.63) is 54.1 Å². The van der Waals surface area contributed by atoms with Crippen LogP contribution in [0.4, 0.5) is 0 Å². The Hall–Kier alpha value is -2.30. The fourth-order valence-electron chi connectivity index (χ4n) is 4.81. The Morgan fingerprint density at radius 3 is 2.63 bits per heavy atom. The van der Waals surface area contributed by atoms with Crippen LogP contribution in [0.5, 0.6) is 5.75 Å². The van der Waals surface area contributed by atoms with Crippen LogP contribution in [0.25, 0.3) is 21.8 Å². The molecule has 0 spiro atoms. The molecule has 3 aliphatic heterocycles. The van der Waals surface area contributed by atoms with Gasteiger partial charge in [-0.2, -0.15) is 0 Å². The fraction of sp³-hybridized carbons (Fsp3) is 0.391.